The van der Waals surface area contributed by atoms with Gasteiger partial charge in [-0.05, 0) is 18.2 Å². The first-order valence-corrected chi connectivity index (χ1v) is 10.4. The summed E-state index contributed by atoms with van der Waals surface area (Å²) in [5, 5.41) is 1.69. The van der Waals surface area contributed by atoms with E-state index in [1.807, 2.05) is 24.3 Å². The molecule has 0 unspecified atom stereocenters. The van der Waals surface area contributed by atoms with Gasteiger partial charge in [0.05, 0.1) is 16.8 Å². The summed E-state index contributed by atoms with van der Waals surface area (Å²) in [5.41, 5.74) is 1.00. The topological polar surface area (TPSA) is 74.9 Å². The molecule has 1 fully saturated rings. The molecule has 0 saturated carbocycles. The van der Waals surface area contributed by atoms with Crippen LogP contribution in [0.4, 0.5) is 16.2 Å². The molecule has 0 spiro atoms. The fraction of sp³-hybridized carbons (Fsp3) is 0.150. The lowest BCUT2D eigenvalue weighted by Crippen LogP contribution is -2.34. The van der Waals surface area contributed by atoms with Crippen LogP contribution in [0.25, 0.3) is 15.6 Å². The van der Waals surface area contributed by atoms with Gasteiger partial charge in [-0.25, -0.2) is 24.7 Å². The largest absolute Gasteiger partial charge is 0.335 e. The Morgan fingerprint density at radius 3 is 2.68 bits per heavy atom. The summed E-state index contributed by atoms with van der Waals surface area (Å²) in [6, 6.07) is 13.3. The van der Waals surface area contributed by atoms with Gasteiger partial charge < -0.3 is 0 Å². The molecule has 0 radical (unpaired) electrons. The first kappa shape index (κ1) is 17.9. The fourth-order valence-corrected chi connectivity index (χ4v) is 3.99. The number of aromatic nitrogens is 1. The van der Waals surface area contributed by atoms with Crippen LogP contribution in [0.2, 0.25) is 0 Å². The summed E-state index contributed by atoms with van der Waals surface area (Å²) in [6.45, 7) is 7.70. The van der Waals surface area contributed by atoms with Crippen molar-refractivity contribution in [1.29, 1.82) is 0 Å². The summed E-state index contributed by atoms with van der Waals surface area (Å²) >= 11 is 0. The number of benzene rings is 2. The van der Waals surface area contributed by atoms with Gasteiger partial charge >= 0.3 is 12.2 Å². The van der Waals surface area contributed by atoms with Gasteiger partial charge in [0.15, 0.2) is 9.84 Å². The molecule has 3 aromatic rings. The van der Waals surface area contributed by atoms with Crippen molar-refractivity contribution < 1.29 is 13.2 Å². The Kier molecular flexibility index (Phi) is 4.24. The highest BCUT2D eigenvalue weighted by atomic mass is 32.2. The van der Waals surface area contributed by atoms with Crippen molar-refractivity contribution in [1.82, 2.24) is 4.98 Å². The van der Waals surface area contributed by atoms with Crippen molar-refractivity contribution in [2.24, 2.45) is 0 Å². The van der Waals surface area contributed by atoms with Crippen LogP contribution in [0.5, 0.6) is 0 Å². The second kappa shape index (κ2) is 6.62. The summed E-state index contributed by atoms with van der Waals surface area (Å²) in [7, 11) is -3.41. The number of pyridine rings is 1. The van der Waals surface area contributed by atoms with E-state index in [-0.39, 0.29) is 17.5 Å². The zero-order valence-electron chi connectivity index (χ0n) is 15.0. The summed E-state index contributed by atoms with van der Waals surface area (Å²) in [4.78, 5) is 24.0. The molecule has 1 aliphatic heterocycles. The van der Waals surface area contributed by atoms with Crippen LogP contribution < -0.4 is 9.80 Å². The van der Waals surface area contributed by atoms with E-state index in [1.54, 1.807) is 24.5 Å². The number of carbonyl (C=O) groups is 1. The lowest BCUT2D eigenvalue weighted by atomic mass is 10.1. The number of rotatable bonds is 3. The van der Waals surface area contributed by atoms with Crippen molar-refractivity contribution in [2.75, 3.05) is 22.6 Å². The molecule has 4 rings (SSSR count). The molecule has 1 atom stereocenters. The van der Waals surface area contributed by atoms with Crippen LogP contribution in [-0.2, 0) is 9.84 Å². The van der Waals surface area contributed by atoms with E-state index in [0.29, 0.717) is 11.4 Å². The van der Waals surface area contributed by atoms with E-state index in [1.165, 1.54) is 21.9 Å². The maximum atomic E-state index is 13.2. The monoisotopic (exact) mass is 392 g/mol. The normalized spacial score (nSPS) is 17.1. The van der Waals surface area contributed by atoms with Crippen molar-refractivity contribution in [2.45, 2.75) is 11.1 Å². The number of carbonyl (C=O) groups excluding carboxylic acids is 1. The highest BCUT2D eigenvalue weighted by Crippen LogP contribution is 2.34. The molecule has 0 bridgehead atoms. The maximum Gasteiger partial charge on any atom is 0.335 e. The van der Waals surface area contributed by atoms with Gasteiger partial charge in [0.2, 0.25) is 0 Å². The zero-order chi connectivity index (χ0) is 19.9. The lowest BCUT2D eigenvalue weighted by molar-refractivity contribution is 0.255. The molecule has 140 valence electrons. The Morgan fingerprint density at radius 1 is 1.14 bits per heavy atom. The summed E-state index contributed by atoms with van der Waals surface area (Å²) in [6.07, 6.45) is 3.67. The van der Waals surface area contributed by atoms with E-state index >= 15 is 0 Å². The third-order valence-electron chi connectivity index (χ3n) is 4.69. The second-order valence-corrected chi connectivity index (χ2v) is 8.54. The third-order valence-corrected chi connectivity index (χ3v) is 5.80. The Morgan fingerprint density at radius 2 is 1.93 bits per heavy atom. The van der Waals surface area contributed by atoms with E-state index < -0.39 is 16.0 Å². The van der Waals surface area contributed by atoms with Crippen LogP contribution >= 0.6 is 0 Å². The van der Waals surface area contributed by atoms with Gasteiger partial charge in [0.1, 0.15) is 6.54 Å². The molecular weight excluding hydrogens is 376 g/mol. The van der Waals surface area contributed by atoms with Gasteiger partial charge in [-0.15, -0.1) is 0 Å². The fourth-order valence-electron chi connectivity index (χ4n) is 3.33. The number of urea groups is 1. The van der Waals surface area contributed by atoms with Crippen molar-refractivity contribution >= 4 is 38.0 Å². The Balaban J connectivity index is 1.80. The zero-order valence-corrected chi connectivity index (χ0v) is 15.8. The number of anilines is 2. The average Bonchev–Trinajstić information content (AvgIpc) is 3.03. The van der Waals surface area contributed by atoms with Crippen LogP contribution in [-0.4, -0.2) is 38.4 Å². The molecule has 2 amide bonds. The van der Waals surface area contributed by atoms with Crippen molar-refractivity contribution in [3.8, 4) is 0 Å². The number of fused-ring (bicyclic) bond motifs is 1. The molecule has 7 nitrogen and oxygen atoms in total. The molecular formula is C20H16N4O3S. The number of amides is 2. The smallest absolute Gasteiger partial charge is 0.287 e. The summed E-state index contributed by atoms with van der Waals surface area (Å²) in [5.74, 6) is 0. The first-order chi connectivity index (χ1) is 13.4. The third kappa shape index (κ3) is 2.96. The highest BCUT2D eigenvalue weighted by Gasteiger charge is 2.44. The van der Waals surface area contributed by atoms with Gasteiger partial charge in [-0.2, -0.15) is 0 Å². The highest BCUT2D eigenvalue weighted by molar-refractivity contribution is 7.90. The molecule has 1 aliphatic rings. The minimum absolute atomic E-state index is 0.127. The molecule has 8 heteroatoms. The molecule has 0 aliphatic carbocycles. The van der Waals surface area contributed by atoms with E-state index in [9.17, 15) is 13.2 Å². The van der Waals surface area contributed by atoms with E-state index in [2.05, 4.69) is 9.83 Å². The quantitative estimate of drug-likeness (QED) is 0.641. The van der Waals surface area contributed by atoms with Crippen LogP contribution in [0, 0.1) is 6.57 Å². The number of hydrogen-bond acceptors (Lipinski definition) is 4. The van der Waals surface area contributed by atoms with Gasteiger partial charge in [0.25, 0.3) is 0 Å². The number of nitrogens with zero attached hydrogens (tertiary/aromatic N) is 4. The van der Waals surface area contributed by atoms with Gasteiger partial charge in [0, 0.05) is 28.9 Å². The Hall–Kier alpha value is -3.44. The molecule has 0 N–H and O–H groups in total. The minimum Gasteiger partial charge on any atom is -0.287 e. The Bertz CT molecular complexity index is 1230. The molecule has 1 aromatic heterocycles. The Labute approximate surface area is 162 Å². The lowest BCUT2D eigenvalue weighted by Gasteiger charge is -2.19. The van der Waals surface area contributed by atoms with Gasteiger partial charge in [-0.3, -0.25) is 14.7 Å². The maximum absolute atomic E-state index is 13.2. The van der Waals surface area contributed by atoms with Gasteiger partial charge in [-0.1, -0.05) is 30.3 Å². The van der Waals surface area contributed by atoms with Crippen LogP contribution in [0.1, 0.15) is 0 Å². The predicted molar refractivity (Wildman–Crippen MR) is 107 cm³/mol. The summed E-state index contributed by atoms with van der Waals surface area (Å²) < 4.78 is 23.7. The second-order valence-electron chi connectivity index (χ2n) is 6.52. The molecule has 2 heterocycles. The average molecular weight is 392 g/mol. The minimum atomic E-state index is -3.41. The van der Waals surface area contributed by atoms with E-state index in [4.69, 9.17) is 6.57 Å². The SMILES string of the molecule is [C-]#[N+][C@@H]1CN(c2cccc(S(C)(=O)=O)c2)C(=O)N1c1cncc2ccccc12. The number of sulfone groups is 1. The van der Waals surface area contributed by atoms with E-state index in [0.717, 1.165) is 17.0 Å². The van der Waals surface area contributed by atoms with Crippen LogP contribution in [0.3, 0.4) is 0 Å². The first-order valence-electron chi connectivity index (χ1n) is 8.50. The standard InChI is InChI=1S/C20H16N4O3S/c1-21-19-13-23(15-7-5-8-16(10-15)28(2,26)27)20(25)24(19)18-12-22-11-14-6-3-4-9-17(14)18/h3-12,19H,13H2,2H3/t19-/m0/s1. The molecule has 28 heavy (non-hydrogen) atoms. The molecule has 1 saturated heterocycles. The number of hydrogen-bond donors (Lipinski definition) is 0. The predicted octanol–water partition coefficient (Wildman–Crippen LogP) is 3.33. The van der Waals surface area contributed by atoms with Crippen molar-refractivity contribution in [3.63, 3.8) is 0 Å². The van der Waals surface area contributed by atoms with Crippen molar-refractivity contribution in [3.05, 3.63) is 72.3 Å². The molecule has 2 aromatic carbocycles. The van der Waals surface area contributed by atoms with Crippen LogP contribution in [0.15, 0.2) is 65.8 Å².